The van der Waals surface area contributed by atoms with Crippen molar-refractivity contribution in [3.63, 3.8) is 0 Å². The van der Waals surface area contributed by atoms with E-state index in [1.165, 1.54) is 11.3 Å². The van der Waals surface area contributed by atoms with Gasteiger partial charge in [0, 0.05) is 34.9 Å². The van der Waals surface area contributed by atoms with Crippen LogP contribution in [0.3, 0.4) is 0 Å². The van der Waals surface area contributed by atoms with Gasteiger partial charge in [0.15, 0.2) is 17.3 Å². The number of nitrogens with one attached hydrogen (secondary N) is 1. The van der Waals surface area contributed by atoms with Crippen molar-refractivity contribution < 1.29 is 19.4 Å². The lowest BCUT2D eigenvalue weighted by Crippen LogP contribution is -2.25. The Kier molecular flexibility index (Phi) is 4.74. The van der Waals surface area contributed by atoms with E-state index < -0.39 is 0 Å². The minimum absolute atomic E-state index is 0.0529. The minimum Gasteiger partial charge on any atom is -0.512 e. The molecule has 2 heterocycles. The Morgan fingerprint density at radius 1 is 1.09 bits per heavy atom. The molecule has 1 aliphatic rings. The Morgan fingerprint density at radius 3 is 2.59 bits per heavy atom. The number of aromatic nitrogens is 2. The van der Waals surface area contributed by atoms with Crippen LogP contribution in [0.25, 0.3) is 38.0 Å². The number of Topliss-reactive ketones (excluding diaryl/α,β-unsaturated/α-hetero) is 1. The van der Waals surface area contributed by atoms with Crippen molar-refractivity contribution in [3.05, 3.63) is 47.2 Å². The summed E-state index contributed by atoms with van der Waals surface area (Å²) in [6.45, 7) is 4.01. The Bertz CT molecular complexity index is 1410. The smallest absolute Gasteiger partial charge is 0.167 e. The SMILES string of the molecule is COc1ccc(-c2[nH]c3ccc4ncsc4c3c2C2=C(O)CC(C)(C)CC2=O)cc1OC. The Morgan fingerprint density at radius 2 is 1.88 bits per heavy atom. The molecular weight excluding hydrogens is 424 g/mol. The van der Waals surface area contributed by atoms with Gasteiger partial charge in [0.05, 0.1) is 41.2 Å². The van der Waals surface area contributed by atoms with Crippen LogP contribution in [0.4, 0.5) is 0 Å². The van der Waals surface area contributed by atoms with Gasteiger partial charge in [0.2, 0.25) is 0 Å². The average molecular weight is 449 g/mol. The van der Waals surface area contributed by atoms with Crippen molar-refractivity contribution in [3.8, 4) is 22.8 Å². The van der Waals surface area contributed by atoms with Gasteiger partial charge in [0.25, 0.3) is 0 Å². The number of allylic oxidation sites excluding steroid dienone is 2. The molecule has 0 aliphatic heterocycles. The molecule has 5 rings (SSSR count). The van der Waals surface area contributed by atoms with Crippen molar-refractivity contribution in [2.75, 3.05) is 14.2 Å². The number of aromatic amines is 1. The van der Waals surface area contributed by atoms with Crippen molar-refractivity contribution in [2.24, 2.45) is 5.41 Å². The first-order valence-corrected chi connectivity index (χ1v) is 11.3. The van der Waals surface area contributed by atoms with E-state index in [-0.39, 0.29) is 17.0 Å². The zero-order valence-corrected chi connectivity index (χ0v) is 19.2. The number of nitrogens with zero attached hydrogens (tertiary/aromatic N) is 1. The number of methoxy groups -OCH3 is 2. The first-order chi connectivity index (χ1) is 15.3. The molecule has 0 amide bonds. The number of rotatable bonds is 4. The summed E-state index contributed by atoms with van der Waals surface area (Å²) in [4.78, 5) is 21.3. The van der Waals surface area contributed by atoms with Gasteiger partial charge in [-0.1, -0.05) is 13.8 Å². The third-order valence-corrected chi connectivity index (χ3v) is 6.89. The fourth-order valence-corrected chi connectivity index (χ4v) is 5.48. The Hall–Kier alpha value is -3.32. The lowest BCUT2D eigenvalue weighted by atomic mass is 9.74. The monoisotopic (exact) mass is 448 g/mol. The van der Waals surface area contributed by atoms with Crippen LogP contribution in [-0.2, 0) is 4.79 Å². The number of hydrogen-bond acceptors (Lipinski definition) is 6. The highest BCUT2D eigenvalue weighted by Gasteiger charge is 2.36. The maximum Gasteiger partial charge on any atom is 0.167 e. The summed E-state index contributed by atoms with van der Waals surface area (Å²) in [6, 6.07) is 9.58. The standard InChI is InChI=1S/C25H24N2O4S/c1-25(2)10-16(28)21(17(29)11-25)22-20-14(6-7-15-24(20)32-12-26-15)27-23(22)13-5-8-18(30-3)19(9-13)31-4/h5-9,12,27-28H,10-11H2,1-4H3. The molecule has 164 valence electrons. The van der Waals surface area contributed by atoms with Gasteiger partial charge in [-0.3, -0.25) is 4.79 Å². The van der Waals surface area contributed by atoms with Crippen molar-refractivity contribution in [1.82, 2.24) is 9.97 Å². The third-order valence-electron chi connectivity index (χ3n) is 6.03. The predicted octanol–water partition coefficient (Wildman–Crippen LogP) is 6.12. The van der Waals surface area contributed by atoms with E-state index in [1.807, 2.05) is 44.2 Å². The number of ketones is 1. The highest BCUT2D eigenvalue weighted by molar-refractivity contribution is 7.17. The molecule has 0 saturated carbocycles. The molecule has 0 atom stereocenters. The molecule has 2 aromatic heterocycles. The molecule has 2 aromatic carbocycles. The number of carbonyl (C=O) groups excluding carboxylic acids is 1. The number of H-pyrrole nitrogens is 1. The van der Waals surface area contributed by atoms with Gasteiger partial charge in [-0.25, -0.2) is 4.98 Å². The number of ether oxygens (including phenoxy) is 2. The van der Waals surface area contributed by atoms with Crippen molar-refractivity contribution >= 4 is 43.8 Å². The highest BCUT2D eigenvalue weighted by atomic mass is 32.1. The number of hydrogen-bond donors (Lipinski definition) is 2. The lowest BCUT2D eigenvalue weighted by Gasteiger charge is -2.30. The number of benzene rings is 2. The second kappa shape index (κ2) is 7.38. The van der Waals surface area contributed by atoms with Crippen LogP contribution < -0.4 is 9.47 Å². The normalized spacial score (nSPS) is 16.2. The van der Waals surface area contributed by atoms with Crippen LogP contribution in [0.2, 0.25) is 0 Å². The van der Waals surface area contributed by atoms with Gasteiger partial charge < -0.3 is 19.6 Å². The molecule has 6 nitrogen and oxygen atoms in total. The lowest BCUT2D eigenvalue weighted by molar-refractivity contribution is -0.116. The van der Waals surface area contributed by atoms with Crippen LogP contribution in [-0.4, -0.2) is 35.1 Å². The van der Waals surface area contributed by atoms with Crippen molar-refractivity contribution in [2.45, 2.75) is 26.7 Å². The largest absolute Gasteiger partial charge is 0.512 e. The molecule has 0 spiro atoms. The highest BCUT2D eigenvalue weighted by Crippen LogP contribution is 2.47. The van der Waals surface area contributed by atoms with E-state index in [1.54, 1.807) is 19.7 Å². The van der Waals surface area contributed by atoms with Gasteiger partial charge >= 0.3 is 0 Å². The molecular formula is C25H24N2O4S. The summed E-state index contributed by atoms with van der Waals surface area (Å²) in [5.74, 6) is 1.29. The molecule has 0 bridgehead atoms. The molecule has 32 heavy (non-hydrogen) atoms. The summed E-state index contributed by atoms with van der Waals surface area (Å²) < 4.78 is 11.9. The Balaban J connectivity index is 1.87. The Labute approximate surface area is 189 Å². The van der Waals surface area contributed by atoms with E-state index in [0.717, 1.165) is 37.9 Å². The van der Waals surface area contributed by atoms with E-state index in [2.05, 4.69) is 9.97 Å². The average Bonchev–Trinajstić information content (AvgIpc) is 3.36. The number of thiazole rings is 1. The van der Waals surface area contributed by atoms with Gasteiger partial charge in [-0.05, 0) is 35.7 Å². The van der Waals surface area contributed by atoms with Crippen LogP contribution in [0.1, 0.15) is 32.3 Å². The summed E-state index contributed by atoms with van der Waals surface area (Å²) >= 11 is 1.53. The molecule has 0 fully saturated rings. The van der Waals surface area contributed by atoms with Gasteiger partial charge in [-0.15, -0.1) is 11.3 Å². The van der Waals surface area contributed by atoms with E-state index in [9.17, 15) is 9.90 Å². The quantitative estimate of drug-likeness (QED) is 0.393. The maximum absolute atomic E-state index is 13.4. The van der Waals surface area contributed by atoms with Crippen LogP contribution in [0, 0.1) is 5.41 Å². The summed E-state index contributed by atoms with van der Waals surface area (Å²) in [7, 11) is 3.19. The van der Waals surface area contributed by atoms with Crippen molar-refractivity contribution in [1.29, 1.82) is 0 Å². The third kappa shape index (κ3) is 3.15. The number of carbonyl (C=O) groups is 1. The van der Waals surface area contributed by atoms with Crippen LogP contribution >= 0.6 is 11.3 Å². The molecule has 0 unspecified atom stereocenters. The topological polar surface area (TPSA) is 84.4 Å². The first-order valence-electron chi connectivity index (χ1n) is 10.4. The molecule has 7 heteroatoms. The van der Waals surface area contributed by atoms with E-state index in [0.29, 0.717) is 29.9 Å². The zero-order valence-electron chi connectivity index (χ0n) is 18.4. The fourth-order valence-electron chi connectivity index (χ4n) is 4.63. The molecule has 4 aromatic rings. The van der Waals surface area contributed by atoms with E-state index in [4.69, 9.17) is 9.47 Å². The number of aliphatic hydroxyl groups is 1. The fraction of sp³-hybridized carbons (Fsp3) is 0.280. The number of aliphatic hydroxyl groups excluding tert-OH is 1. The summed E-state index contributed by atoms with van der Waals surface area (Å²) in [6.07, 6.45) is 0.827. The van der Waals surface area contributed by atoms with E-state index >= 15 is 0 Å². The van der Waals surface area contributed by atoms with Crippen LogP contribution in [0.15, 0.2) is 41.6 Å². The second-order valence-corrected chi connectivity index (χ2v) is 9.75. The summed E-state index contributed by atoms with van der Waals surface area (Å²) in [5, 5.41) is 12.0. The minimum atomic E-state index is -0.278. The van der Waals surface area contributed by atoms with Gasteiger partial charge in [0.1, 0.15) is 5.76 Å². The maximum atomic E-state index is 13.4. The van der Waals surface area contributed by atoms with Gasteiger partial charge in [-0.2, -0.15) is 0 Å². The summed E-state index contributed by atoms with van der Waals surface area (Å²) in [5.41, 5.74) is 5.99. The first kappa shape index (κ1) is 20.6. The predicted molar refractivity (Wildman–Crippen MR) is 128 cm³/mol. The zero-order chi connectivity index (χ0) is 22.6. The molecule has 0 saturated heterocycles. The number of fused-ring (bicyclic) bond motifs is 3. The van der Waals surface area contributed by atoms with Crippen LogP contribution in [0.5, 0.6) is 11.5 Å². The second-order valence-electron chi connectivity index (χ2n) is 8.90. The molecule has 2 N–H and O–H groups in total. The molecule has 0 radical (unpaired) electrons. The molecule has 1 aliphatic carbocycles.